The average Bonchev–Trinajstić information content (AvgIpc) is 2.73. The third-order valence-corrected chi connectivity index (χ3v) is 7.48. The molecule has 0 spiro atoms. The fraction of sp³-hybridized carbons (Fsp3) is 0.586. The van der Waals surface area contributed by atoms with Gasteiger partial charge in [0.1, 0.15) is 0 Å². The molecule has 1 aliphatic carbocycles. The second-order valence-electron chi connectivity index (χ2n) is 9.40. The molecule has 0 atom stereocenters. The summed E-state index contributed by atoms with van der Waals surface area (Å²) in [6.45, 7) is 9.38. The molecule has 158 valence electrons. The van der Waals surface area contributed by atoms with Crippen LogP contribution in [-0.4, -0.2) is 0 Å². The van der Waals surface area contributed by atoms with E-state index in [9.17, 15) is 0 Å². The number of hydrogen-bond acceptors (Lipinski definition) is 0. The minimum atomic E-state index is 1.22. The lowest BCUT2D eigenvalue weighted by Crippen LogP contribution is -2.05. The molecule has 29 heavy (non-hydrogen) atoms. The van der Waals surface area contributed by atoms with Crippen LogP contribution in [0.4, 0.5) is 0 Å². The maximum atomic E-state index is 2.39. The molecule has 0 unspecified atom stereocenters. The minimum absolute atomic E-state index is 1.22. The maximum Gasteiger partial charge on any atom is -0.0114 e. The van der Waals surface area contributed by atoms with Crippen LogP contribution in [0.15, 0.2) is 24.3 Å². The van der Waals surface area contributed by atoms with E-state index in [0.29, 0.717) is 0 Å². The van der Waals surface area contributed by atoms with E-state index < -0.39 is 0 Å². The molecule has 2 aromatic carbocycles. The molecule has 1 aliphatic rings. The van der Waals surface area contributed by atoms with E-state index in [0.717, 1.165) is 0 Å². The summed E-state index contributed by atoms with van der Waals surface area (Å²) in [5, 5.41) is 0. The molecule has 0 aromatic heterocycles. The first kappa shape index (κ1) is 22.1. The first-order chi connectivity index (χ1) is 14.1. The molecule has 0 aliphatic heterocycles. The van der Waals surface area contributed by atoms with Crippen LogP contribution in [0, 0.1) is 27.7 Å². The Morgan fingerprint density at radius 2 is 0.966 bits per heavy atom. The largest absolute Gasteiger partial charge is 0.0620 e. The monoisotopic (exact) mass is 390 g/mol. The molecular weight excluding hydrogens is 348 g/mol. The lowest BCUT2D eigenvalue weighted by Gasteiger charge is -2.23. The fourth-order valence-electron chi connectivity index (χ4n) is 5.26. The van der Waals surface area contributed by atoms with Gasteiger partial charge in [0.15, 0.2) is 0 Å². The van der Waals surface area contributed by atoms with Gasteiger partial charge < -0.3 is 0 Å². The number of benzene rings is 2. The van der Waals surface area contributed by atoms with Crippen molar-refractivity contribution >= 4 is 0 Å². The summed E-state index contributed by atoms with van der Waals surface area (Å²) >= 11 is 0. The highest BCUT2D eigenvalue weighted by Crippen LogP contribution is 2.37. The Morgan fingerprint density at radius 1 is 0.483 bits per heavy atom. The van der Waals surface area contributed by atoms with E-state index >= 15 is 0 Å². The molecule has 0 fully saturated rings. The van der Waals surface area contributed by atoms with Crippen molar-refractivity contribution in [3.8, 4) is 11.1 Å². The van der Waals surface area contributed by atoms with Crippen molar-refractivity contribution in [1.82, 2.24) is 0 Å². The quantitative estimate of drug-likeness (QED) is 0.421. The van der Waals surface area contributed by atoms with Gasteiger partial charge in [0.2, 0.25) is 0 Å². The Labute approximate surface area is 180 Å². The number of fused-ring (bicyclic) bond motifs is 3. The summed E-state index contributed by atoms with van der Waals surface area (Å²) in [4.78, 5) is 0. The van der Waals surface area contributed by atoms with Gasteiger partial charge in [-0.15, -0.1) is 0 Å². The first-order valence-electron chi connectivity index (χ1n) is 12.3. The van der Waals surface area contributed by atoms with E-state index in [1.807, 2.05) is 0 Å². The summed E-state index contributed by atoms with van der Waals surface area (Å²) in [5.74, 6) is 0. The molecule has 0 saturated carbocycles. The topological polar surface area (TPSA) is 0 Å². The second-order valence-corrected chi connectivity index (χ2v) is 9.40. The van der Waals surface area contributed by atoms with E-state index in [4.69, 9.17) is 0 Å². The average molecular weight is 391 g/mol. The molecule has 2 aromatic rings. The molecule has 0 heteroatoms. The van der Waals surface area contributed by atoms with Crippen LogP contribution in [0.2, 0.25) is 0 Å². The smallest absolute Gasteiger partial charge is 0.0114 e. The Kier molecular flexibility index (Phi) is 8.40. The fourth-order valence-corrected chi connectivity index (χ4v) is 5.26. The van der Waals surface area contributed by atoms with Crippen LogP contribution in [0.25, 0.3) is 11.1 Å². The van der Waals surface area contributed by atoms with Crippen molar-refractivity contribution in [2.75, 3.05) is 0 Å². The normalized spacial score (nSPS) is 17.2. The zero-order valence-electron chi connectivity index (χ0n) is 19.5. The lowest BCUT2D eigenvalue weighted by molar-refractivity contribution is 0.546. The van der Waals surface area contributed by atoms with Crippen molar-refractivity contribution in [1.29, 1.82) is 0 Å². The van der Waals surface area contributed by atoms with Gasteiger partial charge in [0.05, 0.1) is 0 Å². The molecule has 0 heterocycles. The van der Waals surface area contributed by atoms with Crippen LogP contribution in [0.3, 0.4) is 0 Å². The molecule has 0 bridgehead atoms. The molecule has 0 nitrogen and oxygen atoms in total. The molecule has 0 saturated heterocycles. The third kappa shape index (κ3) is 5.53. The van der Waals surface area contributed by atoms with Crippen LogP contribution in [0.1, 0.15) is 104 Å². The van der Waals surface area contributed by atoms with E-state index in [-0.39, 0.29) is 0 Å². The van der Waals surface area contributed by atoms with Crippen molar-refractivity contribution in [2.45, 2.75) is 111 Å². The van der Waals surface area contributed by atoms with Crippen molar-refractivity contribution in [3.63, 3.8) is 0 Å². The Morgan fingerprint density at radius 3 is 1.59 bits per heavy atom. The minimum Gasteiger partial charge on any atom is -0.0620 e. The standard InChI is InChI=1S/C29H42/c1-22-23(2)25(4)29-27(24(22)3)20-15-13-11-9-7-5-6-8-10-12-14-18-26-19-16-17-21-28(26)29/h16-17,19,21H,5-15,18,20H2,1-4H3. The van der Waals surface area contributed by atoms with Gasteiger partial charge in [-0.2, -0.15) is 0 Å². The number of hydrogen-bond donors (Lipinski definition) is 0. The highest BCUT2D eigenvalue weighted by atomic mass is 14.2. The second kappa shape index (κ2) is 11.0. The van der Waals surface area contributed by atoms with E-state index in [2.05, 4.69) is 52.0 Å². The van der Waals surface area contributed by atoms with Gasteiger partial charge in [-0.05, 0) is 97.9 Å². The van der Waals surface area contributed by atoms with Crippen molar-refractivity contribution in [3.05, 3.63) is 57.6 Å². The summed E-state index contributed by atoms with van der Waals surface area (Å²) in [7, 11) is 0. The van der Waals surface area contributed by atoms with Crippen LogP contribution in [-0.2, 0) is 12.8 Å². The highest BCUT2D eigenvalue weighted by Gasteiger charge is 2.18. The Balaban J connectivity index is 2.00. The van der Waals surface area contributed by atoms with Crippen molar-refractivity contribution in [2.24, 2.45) is 0 Å². The molecule has 3 rings (SSSR count). The summed E-state index contributed by atoms with van der Waals surface area (Å²) < 4.78 is 0. The van der Waals surface area contributed by atoms with Crippen LogP contribution >= 0.6 is 0 Å². The van der Waals surface area contributed by atoms with Gasteiger partial charge in [0.25, 0.3) is 0 Å². The van der Waals surface area contributed by atoms with E-state index in [1.54, 1.807) is 16.7 Å². The molecular formula is C29H42. The van der Waals surface area contributed by atoms with Crippen LogP contribution < -0.4 is 0 Å². The highest BCUT2D eigenvalue weighted by molar-refractivity contribution is 5.77. The summed E-state index contributed by atoms with van der Waals surface area (Å²) in [6.07, 6.45) is 17.9. The molecule has 0 N–H and O–H groups in total. The third-order valence-electron chi connectivity index (χ3n) is 7.48. The zero-order chi connectivity index (χ0) is 20.6. The van der Waals surface area contributed by atoms with Gasteiger partial charge in [-0.25, -0.2) is 0 Å². The Hall–Kier alpha value is -1.56. The SMILES string of the molecule is Cc1c(C)c(C)c2c(c1C)CCCCCCCCCCCCCc1ccccc1-2. The predicted octanol–water partition coefficient (Wildman–Crippen LogP) is 8.98. The summed E-state index contributed by atoms with van der Waals surface area (Å²) in [6, 6.07) is 9.26. The van der Waals surface area contributed by atoms with Gasteiger partial charge in [-0.1, -0.05) is 82.1 Å². The van der Waals surface area contributed by atoms with Gasteiger partial charge in [-0.3, -0.25) is 0 Å². The van der Waals surface area contributed by atoms with Gasteiger partial charge >= 0.3 is 0 Å². The number of rotatable bonds is 0. The van der Waals surface area contributed by atoms with Crippen LogP contribution in [0.5, 0.6) is 0 Å². The molecule has 0 amide bonds. The first-order valence-corrected chi connectivity index (χ1v) is 12.3. The predicted molar refractivity (Wildman–Crippen MR) is 129 cm³/mol. The molecule has 0 radical (unpaired) electrons. The Bertz CT molecular complexity index is 796. The lowest BCUT2D eigenvalue weighted by atomic mass is 9.82. The summed E-state index contributed by atoms with van der Waals surface area (Å²) in [5.41, 5.74) is 12.3. The van der Waals surface area contributed by atoms with E-state index in [1.165, 1.54) is 111 Å². The zero-order valence-corrected chi connectivity index (χ0v) is 19.5. The van der Waals surface area contributed by atoms with Gasteiger partial charge in [0, 0.05) is 0 Å². The van der Waals surface area contributed by atoms with Crippen molar-refractivity contribution < 1.29 is 0 Å². The number of aryl methyl sites for hydroxylation is 1. The maximum absolute atomic E-state index is 2.39.